The molecular weight excluding hydrogens is 1640 g/mol. The molecule has 666 valence electrons. The summed E-state index contributed by atoms with van der Waals surface area (Å²) in [4.78, 5) is 114. The maximum absolute atomic E-state index is 12.9. The molecule has 4 aliphatic carbocycles. The SMILES string of the molecule is O=C(NC1CCCC1)c1cccc([C@@H](CO)NC(=O)c2ccc(-c3ccncc3)cc2)c1.O=C(NC1CCCC1)c1cccc([C@@H](CO)NC(=O)c2ccc(-c3cn[nH]c3)cc2)c1.O=C(NC1CCCC1)c1cccc([C@@H](CO)NC(=O)c2cccc(-c3ccncc3)c2)c1.O=C(NC1CCCCC1)c1cccc([C@@H](CO)NC(=O)c2ccc(-c3ccncc3)cc2)c1.S. The number of carbonyl (C=O) groups is 8. The molecule has 8 amide bonds. The predicted octanol–water partition coefficient (Wildman–Crippen LogP) is 15.4. The molecule has 4 aromatic heterocycles. The molecule has 0 aliphatic heterocycles. The lowest BCUT2D eigenvalue weighted by atomic mass is 9.95. The Morgan fingerprint density at radius 1 is 0.271 bits per heavy atom. The summed E-state index contributed by atoms with van der Waals surface area (Å²) in [5.74, 6) is -1.62. The van der Waals surface area contributed by atoms with Gasteiger partial charge in [-0.15, -0.1) is 0 Å². The normalized spacial score (nSPS) is 14.7. The van der Waals surface area contributed by atoms with Gasteiger partial charge in [0.05, 0.1) is 56.8 Å². The van der Waals surface area contributed by atoms with E-state index in [4.69, 9.17) is 0 Å². The number of carbonyl (C=O) groups excluding carboxylic acids is 8. The van der Waals surface area contributed by atoms with Crippen LogP contribution in [0.5, 0.6) is 0 Å². The Hall–Kier alpha value is -13.6. The molecule has 0 bridgehead atoms. The second kappa shape index (κ2) is 48.3. The maximum atomic E-state index is 12.9. The fraction of sp³-hybridized carbons (Fsp3) is 0.282. The third-order valence-electron chi connectivity index (χ3n) is 23.6. The van der Waals surface area contributed by atoms with Gasteiger partial charge in [0, 0.05) is 118 Å². The Morgan fingerprint density at radius 2 is 0.512 bits per heavy atom. The summed E-state index contributed by atoms with van der Waals surface area (Å²) in [5.41, 5.74) is 14.6. The highest BCUT2D eigenvalue weighted by atomic mass is 32.1. The summed E-state index contributed by atoms with van der Waals surface area (Å²) in [5, 5.41) is 70.2. The van der Waals surface area contributed by atoms with E-state index in [0.29, 0.717) is 66.8 Å². The number of amides is 8. The molecule has 25 nitrogen and oxygen atoms in total. The highest BCUT2D eigenvalue weighted by Crippen LogP contribution is 2.29. The molecule has 0 radical (unpaired) electrons. The summed E-state index contributed by atoms with van der Waals surface area (Å²) in [7, 11) is 0. The van der Waals surface area contributed by atoms with Crippen molar-refractivity contribution in [3.63, 3.8) is 0 Å². The average Bonchev–Trinajstić information content (AvgIpc) is 1.65. The van der Waals surface area contributed by atoms with E-state index in [0.717, 1.165) is 147 Å². The van der Waals surface area contributed by atoms with Crippen molar-refractivity contribution >= 4 is 60.8 Å². The number of aromatic amines is 1. The van der Waals surface area contributed by atoms with Gasteiger partial charge in [0.1, 0.15) is 0 Å². The molecule has 4 atom stereocenters. The van der Waals surface area contributed by atoms with E-state index in [9.17, 15) is 58.8 Å². The lowest BCUT2D eigenvalue weighted by molar-refractivity contribution is 0.0908. The van der Waals surface area contributed by atoms with Crippen LogP contribution in [0.25, 0.3) is 44.5 Å². The van der Waals surface area contributed by atoms with Crippen LogP contribution in [0.2, 0.25) is 0 Å². The van der Waals surface area contributed by atoms with Crippen molar-refractivity contribution in [3.8, 4) is 44.5 Å². The Morgan fingerprint density at radius 3 is 0.783 bits per heavy atom. The first-order valence-electron chi connectivity index (χ1n) is 44.0. The van der Waals surface area contributed by atoms with Gasteiger partial charge in [-0.05, 0) is 246 Å². The molecule has 16 rings (SSSR count). The molecule has 129 heavy (non-hydrogen) atoms. The zero-order valence-electron chi connectivity index (χ0n) is 71.9. The van der Waals surface area contributed by atoms with Gasteiger partial charge >= 0.3 is 0 Å². The predicted molar refractivity (Wildman–Crippen MR) is 502 cm³/mol. The van der Waals surface area contributed by atoms with Crippen molar-refractivity contribution in [1.82, 2.24) is 67.7 Å². The van der Waals surface area contributed by atoms with E-state index in [2.05, 4.69) is 67.7 Å². The third-order valence-corrected chi connectivity index (χ3v) is 23.6. The van der Waals surface area contributed by atoms with Crippen LogP contribution in [0.4, 0.5) is 0 Å². The number of aliphatic hydroxyl groups is 4. The molecule has 0 saturated heterocycles. The topological polar surface area (TPSA) is 381 Å². The number of nitrogens with one attached hydrogen (secondary N) is 9. The molecule has 26 heteroatoms. The summed E-state index contributed by atoms with van der Waals surface area (Å²) in [6.07, 6.45) is 32.3. The van der Waals surface area contributed by atoms with Crippen LogP contribution in [-0.4, -0.2) is 143 Å². The van der Waals surface area contributed by atoms with Gasteiger partial charge in [-0.2, -0.15) is 18.6 Å². The molecule has 4 aliphatic rings. The van der Waals surface area contributed by atoms with Crippen molar-refractivity contribution in [2.24, 2.45) is 0 Å². The maximum Gasteiger partial charge on any atom is 0.251 e. The molecule has 0 unspecified atom stereocenters. The summed E-state index contributed by atoms with van der Waals surface area (Å²) >= 11 is 0. The van der Waals surface area contributed by atoms with E-state index < -0.39 is 24.2 Å². The number of rotatable bonds is 28. The van der Waals surface area contributed by atoms with Crippen molar-refractivity contribution in [2.45, 2.75) is 157 Å². The highest BCUT2D eigenvalue weighted by Gasteiger charge is 2.27. The van der Waals surface area contributed by atoms with Crippen LogP contribution < -0.4 is 42.5 Å². The van der Waals surface area contributed by atoms with Crippen molar-refractivity contribution in [2.75, 3.05) is 26.4 Å². The van der Waals surface area contributed by atoms with Crippen LogP contribution in [0, 0.1) is 0 Å². The summed E-state index contributed by atoms with van der Waals surface area (Å²) < 4.78 is 0. The van der Waals surface area contributed by atoms with Gasteiger partial charge < -0.3 is 63.0 Å². The molecule has 4 heterocycles. The van der Waals surface area contributed by atoms with Gasteiger partial charge in [-0.3, -0.25) is 58.4 Å². The fourth-order valence-corrected chi connectivity index (χ4v) is 16.3. The van der Waals surface area contributed by atoms with Crippen LogP contribution >= 0.6 is 13.5 Å². The van der Waals surface area contributed by atoms with Crippen molar-refractivity contribution < 1.29 is 58.8 Å². The highest BCUT2D eigenvalue weighted by molar-refractivity contribution is 7.59. The van der Waals surface area contributed by atoms with Gasteiger partial charge in [0.15, 0.2) is 0 Å². The third kappa shape index (κ3) is 27.2. The average molecular weight is 1760 g/mol. The van der Waals surface area contributed by atoms with Gasteiger partial charge in [-0.25, -0.2) is 0 Å². The van der Waals surface area contributed by atoms with E-state index in [1.54, 1.807) is 183 Å². The first-order chi connectivity index (χ1) is 62.5. The van der Waals surface area contributed by atoms with E-state index in [1.165, 1.54) is 6.42 Å². The summed E-state index contributed by atoms with van der Waals surface area (Å²) in [6.45, 7) is -1.08. The molecular formula is C103H111N13O12S. The lowest BCUT2D eigenvalue weighted by Gasteiger charge is -2.23. The Balaban J connectivity index is 0.000000155. The fourth-order valence-electron chi connectivity index (χ4n) is 16.3. The van der Waals surface area contributed by atoms with E-state index in [1.807, 2.05) is 97.1 Å². The van der Waals surface area contributed by atoms with Gasteiger partial charge in [0.2, 0.25) is 0 Å². The summed E-state index contributed by atoms with van der Waals surface area (Å²) in [6, 6.07) is 67.2. The van der Waals surface area contributed by atoms with Crippen LogP contribution in [0.15, 0.2) is 280 Å². The van der Waals surface area contributed by atoms with Gasteiger partial charge in [0.25, 0.3) is 47.3 Å². The minimum Gasteiger partial charge on any atom is -0.394 e. The number of hydrogen-bond acceptors (Lipinski definition) is 16. The number of pyridine rings is 3. The number of benzene rings is 8. The zero-order valence-corrected chi connectivity index (χ0v) is 72.9. The molecule has 8 aromatic carbocycles. The van der Waals surface area contributed by atoms with Gasteiger partial charge in [-0.1, -0.05) is 155 Å². The van der Waals surface area contributed by atoms with Crippen molar-refractivity contribution in [3.05, 3.63) is 347 Å². The number of hydrogen-bond donors (Lipinski definition) is 13. The lowest BCUT2D eigenvalue weighted by Crippen LogP contribution is -2.36. The number of aliphatic hydroxyl groups excluding tert-OH is 4. The molecule has 4 fully saturated rings. The van der Waals surface area contributed by atoms with Crippen LogP contribution in [-0.2, 0) is 0 Å². The zero-order chi connectivity index (χ0) is 89.4. The van der Waals surface area contributed by atoms with E-state index in [-0.39, 0.29) is 111 Å². The number of aromatic nitrogens is 5. The molecule has 0 spiro atoms. The smallest absolute Gasteiger partial charge is 0.251 e. The minimum absolute atomic E-state index is 0. The van der Waals surface area contributed by atoms with Crippen LogP contribution in [0.3, 0.4) is 0 Å². The van der Waals surface area contributed by atoms with E-state index >= 15 is 0 Å². The van der Waals surface area contributed by atoms with Crippen LogP contribution in [0.1, 0.15) is 238 Å². The molecule has 4 saturated carbocycles. The molecule has 13 N–H and O–H groups in total. The Bertz CT molecular complexity index is 5640. The number of H-pyrrole nitrogens is 1. The Kier molecular flexibility index (Phi) is 35.4. The second-order valence-electron chi connectivity index (χ2n) is 32.5. The standard InChI is InChI=1S/C27H29N3O3.2C26H27N3O3.C24H26N4O3.H2S/c31-18-25(22-5-4-6-23(17-22)27(33)29-24-7-2-1-3-8-24)30-26(32)21-11-9-19(10-12-21)20-13-15-28-16-14-20;30-17-24(20-6-4-8-22(16-20)25(31)28-23-9-1-2-10-23)29-26(32)21-7-3-5-19(15-21)18-11-13-27-14-12-18;30-17-24(21-4-3-5-22(16-21)26(32)28-23-6-1-2-7-23)29-25(31)20-10-8-18(9-11-20)19-12-14-27-15-13-19;29-15-22(18-4-3-5-19(12-18)24(31)27-21-6-1-2-7-21)28-23(30)17-10-8-16(9-11-17)20-13-25-26-14-20;/h4-6,9-17,24-25,31H,1-3,7-8,18H2,(H,29,33)(H,30,32);3-8,11-16,23-24,30H,1-2,9-10,17H2,(H,28,31)(H,29,32);3-5,8-16,23-24,30H,1-2,6-7,17H2,(H,28,32)(H,29,31);3-5,8-14,21-22,29H,1-2,6-7,15H2,(H,25,26)(H,27,31)(H,28,30);1H2/t25-;2*24-;22-;/m1111./s1. The Labute approximate surface area is 758 Å². The second-order valence-corrected chi connectivity index (χ2v) is 32.5. The molecule has 12 aromatic rings. The first-order valence-corrected chi connectivity index (χ1v) is 44.0. The largest absolute Gasteiger partial charge is 0.394 e. The van der Waals surface area contributed by atoms with Crippen molar-refractivity contribution in [1.29, 1.82) is 0 Å². The first kappa shape index (κ1) is 94.5. The number of nitrogens with zero attached hydrogens (tertiary/aromatic N) is 4. The monoisotopic (exact) mass is 1750 g/mol. The minimum atomic E-state index is -0.619. The quantitative estimate of drug-likeness (QED) is 0.0217.